The monoisotopic (exact) mass is 304 g/mol. The maximum absolute atomic E-state index is 13.7. The predicted molar refractivity (Wildman–Crippen MR) is 84.4 cm³/mol. The smallest absolute Gasteiger partial charge is 0.253 e. The number of halogens is 1. The van der Waals surface area contributed by atoms with Gasteiger partial charge in [-0.15, -0.1) is 0 Å². The maximum atomic E-state index is 13.7. The van der Waals surface area contributed by atoms with Gasteiger partial charge < -0.3 is 10.6 Å². The van der Waals surface area contributed by atoms with Crippen LogP contribution >= 0.6 is 0 Å². The van der Waals surface area contributed by atoms with E-state index in [2.05, 4.69) is 20.6 Å². The number of carbonyl (C=O) groups excluding carboxylic acids is 1. The van der Waals surface area contributed by atoms with Gasteiger partial charge in [-0.1, -0.05) is 6.92 Å². The summed E-state index contributed by atoms with van der Waals surface area (Å²) in [6, 6.07) is 2.65. The van der Waals surface area contributed by atoms with Gasteiger partial charge in [-0.25, -0.2) is 14.4 Å². The third kappa shape index (κ3) is 3.57. The molecular weight excluding hydrogens is 283 g/mol. The Labute approximate surface area is 129 Å². The average Bonchev–Trinajstić information content (AvgIpc) is 2.46. The fourth-order valence-corrected chi connectivity index (χ4v) is 2.23. The van der Waals surface area contributed by atoms with Crippen LogP contribution in [0.1, 0.15) is 35.6 Å². The molecule has 1 aromatic carbocycles. The molecule has 2 aromatic rings. The molecular formula is C16H21FN4O. The summed E-state index contributed by atoms with van der Waals surface area (Å²) >= 11 is 0. The molecule has 22 heavy (non-hydrogen) atoms. The van der Waals surface area contributed by atoms with Gasteiger partial charge in [0.25, 0.3) is 5.91 Å². The van der Waals surface area contributed by atoms with Crippen LogP contribution in [0.15, 0.2) is 12.1 Å². The van der Waals surface area contributed by atoms with Crippen molar-refractivity contribution in [2.24, 2.45) is 0 Å². The third-order valence-corrected chi connectivity index (χ3v) is 3.51. The summed E-state index contributed by atoms with van der Waals surface area (Å²) in [5, 5.41) is 6.00. The van der Waals surface area contributed by atoms with Gasteiger partial charge in [-0.2, -0.15) is 0 Å². The topological polar surface area (TPSA) is 66.9 Å². The van der Waals surface area contributed by atoms with Crippen molar-refractivity contribution in [2.45, 2.75) is 33.7 Å². The second-order valence-electron chi connectivity index (χ2n) is 5.38. The summed E-state index contributed by atoms with van der Waals surface area (Å²) in [5.74, 6) is -0.832. The largest absolute Gasteiger partial charge is 0.350 e. The molecule has 0 saturated carbocycles. The summed E-state index contributed by atoms with van der Waals surface area (Å²) in [7, 11) is 0. The van der Waals surface area contributed by atoms with Crippen molar-refractivity contribution >= 4 is 16.9 Å². The van der Waals surface area contributed by atoms with Crippen LogP contribution in [0.3, 0.4) is 0 Å². The normalized spacial score (nSPS) is 12.4. The summed E-state index contributed by atoms with van der Waals surface area (Å²) < 4.78 is 13.7. The van der Waals surface area contributed by atoms with E-state index in [9.17, 15) is 9.18 Å². The number of aromatic nitrogens is 2. The molecule has 0 spiro atoms. The number of benzene rings is 1. The Morgan fingerprint density at radius 1 is 1.27 bits per heavy atom. The van der Waals surface area contributed by atoms with E-state index in [1.165, 1.54) is 12.1 Å². The summed E-state index contributed by atoms with van der Waals surface area (Å²) in [4.78, 5) is 21.0. The zero-order valence-electron chi connectivity index (χ0n) is 13.3. The average molecular weight is 304 g/mol. The lowest BCUT2D eigenvalue weighted by Gasteiger charge is -2.14. The molecule has 0 aliphatic heterocycles. The van der Waals surface area contributed by atoms with Crippen LogP contribution in [0.4, 0.5) is 4.39 Å². The quantitative estimate of drug-likeness (QED) is 0.888. The summed E-state index contributed by atoms with van der Waals surface area (Å²) in [6.07, 6.45) is 0. The Hall–Kier alpha value is -2.08. The third-order valence-electron chi connectivity index (χ3n) is 3.51. The van der Waals surface area contributed by atoms with Gasteiger partial charge in [0.1, 0.15) is 11.3 Å². The Morgan fingerprint density at radius 2 is 1.95 bits per heavy atom. The highest BCUT2D eigenvalue weighted by Crippen LogP contribution is 2.19. The molecule has 0 saturated heterocycles. The highest BCUT2D eigenvalue weighted by atomic mass is 19.1. The van der Waals surface area contributed by atoms with Crippen molar-refractivity contribution in [3.8, 4) is 0 Å². The number of rotatable bonds is 5. The van der Waals surface area contributed by atoms with Crippen LogP contribution in [0.5, 0.6) is 0 Å². The van der Waals surface area contributed by atoms with Gasteiger partial charge in [0.2, 0.25) is 0 Å². The minimum absolute atomic E-state index is 0.142. The lowest BCUT2D eigenvalue weighted by atomic mass is 10.1. The van der Waals surface area contributed by atoms with Crippen molar-refractivity contribution in [2.75, 3.05) is 13.1 Å². The van der Waals surface area contributed by atoms with Crippen molar-refractivity contribution in [3.05, 3.63) is 34.9 Å². The first-order valence-corrected chi connectivity index (χ1v) is 7.38. The molecule has 6 heteroatoms. The molecule has 1 aromatic heterocycles. The molecule has 2 rings (SSSR count). The molecule has 0 fully saturated rings. The molecule has 1 atom stereocenters. The molecule has 0 bridgehead atoms. The molecule has 0 aliphatic carbocycles. The number of aryl methyl sites for hydroxylation is 2. The standard InChI is InChI=1S/C16H21FN4O/c1-5-18-9(2)8-19-16(22)13-6-12(17)7-14-15(13)21-11(4)10(3)20-14/h6-7,9,18H,5,8H2,1-4H3,(H,19,22)/t9-/m1/s1. The van der Waals surface area contributed by atoms with Crippen molar-refractivity contribution in [1.82, 2.24) is 20.6 Å². The second kappa shape index (κ2) is 6.79. The van der Waals surface area contributed by atoms with Gasteiger partial charge in [-0.05, 0) is 33.4 Å². The lowest BCUT2D eigenvalue weighted by molar-refractivity contribution is 0.0951. The van der Waals surface area contributed by atoms with E-state index < -0.39 is 5.82 Å². The first-order valence-electron chi connectivity index (χ1n) is 7.38. The summed E-state index contributed by atoms with van der Waals surface area (Å²) in [5.41, 5.74) is 2.50. The number of hydrogen-bond acceptors (Lipinski definition) is 4. The van der Waals surface area contributed by atoms with Crippen molar-refractivity contribution < 1.29 is 9.18 Å². The molecule has 2 N–H and O–H groups in total. The van der Waals surface area contributed by atoms with Crippen LogP contribution < -0.4 is 10.6 Å². The second-order valence-corrected chi connectivity index (χ2v) is 5.38. The molecule has 0 aliphatic rings. The van der Waals surface area contributed by atoms with Gasteiger partial charge in [0.05, 0.1) is 22.5 Å². The van der Waals surface area contributed by atoms with Crippen LogP contribution in [-0.2, 0) is 0 Å². The van der Waals surface area contributed by atoms with E-state index in [1.807, 2.05) is 27.7 Å². The number of likely N-dealkylation sites (N-methyl/N-ethyl adjacent to an activating group) is 1. The van der Waals surface area contributed by atoms with Crippen molar-refractivity contribution in [3.63, 3.8) is 0 Å². The number of fused-ring (bicyclic) bond motifs is 1. The van der Waals surface area contributed by atoms with Crippen LogP contribution in [0.25, 0.3) is 11.0 Å². The van der Waals surface area contributed by atoms with Gasteiger partial charge in [-0.3, -0.25) is 4.79 Å². The zero-order chi connectivity index (χ0) is 16.3. The van der Waals surface area contributed by atoms with E-state index in [-0.39, 0.29) is 17.5 Å². The molecule has 0 unspecified atom stereocenters. The van der Waals surface area contributed by atoms with E-state index in [1.54, 1.807) is 0 Å². The molecule has 0 radical (unpaired) electrons. The lowest BCUT2D eigenvalue weighted by Crippen LogP contribution is -2.38. The van der Waals surface area contributed by atoms with E-state index in [4.69, 9.17) is 0 Å². The van der Waals surface area contributed by atoms with Crippen LogP contribution in [0.2, 0.25) is 0 Å². The molecule has 5 nitrogen and oxygen atoms in total. The van der Waals surface area contributed by atoms with Gasteiger partial charge >= 0.3 is 0 Å². The number of nitrogens with one attached hydrogen (secondary N) is 2. The first kappa shape index (κ1) is 16.3. The molecule has 1 amide bonds. The molecule has 1 heterocycles. The summed E-state index contributed by atoms with van der Waals surface area (Å²) in [6.45, 7) is 8.89. The highest BCUT2D eigenvalue weighted by Gasteiger charge is 2.16. The van der Waals surface area contributed by atoms with E-state index in [0.29, 0.717) is 17.6 Å². The van der Waals surface area contributed by atoms with Gasteiger partial charge in [0, 0.05) is 18.7 Å². The number of amides is 1. The van der Waals surface area contributed by atoms with E-state index in [0.717, 1.165) is 17.9 Å². The number of hydrogen-bond donors (Lipinski definition) is 2. The highest BCUT2D eigenvalue weighted by molar-refractivity contribution is 6.04. The first-order chi connectivity index (χ1) is 10.4. The van der Waals surface area contributed by atoms with Gasteiger partial charge in [0.15, 0.2) is 0 Å². The minimum atomic E-state index is -0.491. The number of nitrogens with zero attached hydrogens (tertiary/aromatic N) is 2. The fraction of sp³-hybridized carbons (Fsp3) is 0.438. The van der Waals surface area contributed by atoms with Crippen molar-refractivity contribution in [1.29, 1.82) is 0 Å². The molecule has 118 valence electrons. The Kier molecular flexibility index (Phi) is 5.03. The van der Waals surface area contributed by atoms with Crippen LogP contribution in [0, 0.1) is 19.7 Å². The van der Waals surface area contributed by atoms with E-state index >= 15 is 0 Å². The number of carbonyl (C=O) groups is 1. The minimum Gasteiger partial charge on any atom is -0.350 e. The Morgan fingerprint density at radius 3 is 2.64 bits per heavy atom. The predicted octanol–water partition coefficient (Wildman–Crippen LogP) is 2.11. The Bertz CT molecular complexity index is 702. The Balaban J connectivity index is 2.33. The zero-order valence-corrected chi connectivity index (χ0v) is 13.3. The SMILES string of the molecule is CCN[C@H](C)CNC(=O)c1cc(F)cc2nc(C)c(C)nc12. The maximum Gasteiger partial charge on any atom is 0.253 e. The van der Waals surface area contributed by atoms with Crippen LogP contribution in [-0.4, -0.2) is 35.0 Å². The fourth-order valence-electron chi connectivity index (χ4n) is 2.23.